The number of amides is 1. The molecule has 0 fully saturated rings. The molecule has 2 rings (SSSR count). The standard InChI is InChI=1S/C19H22FN3O6/c1-11(10-27-12(2)20)28-14-5-13(19(25)26)6-15(7-14)29-17-9-21-16(8-22-17)18(24)23(3)4/h5-9,11-12H,10H2,1-4H3,(H,25,26)/t11-,12?/m0/s1. The number of hydrogen-bond donors (Lipinski definition) is 1. The largest absolute Gasteiger partial charge is 0.488 e. The van der Waals surface area contributed by atoms with Crippen molar-refractivity contribution < 1.29 is 33.3 Å². The lowest BCUT2D eigenvalue weighted by molar-refractivity contribution is -0.0524. The highest BCUT2D eigenvalue weighted by Gasteiger charge is 2.14. The van der Waals surface area contributed by atoms with E-state index in [1.54, 1.807) is 21.0 Å². The van der Waals surface area contributed by atoms with Gasteiger partial charge in [-0.3, -0.25) is 4.79 Å². The Labute approximate surface area is 167 Å². The van der Waals surface area contributed by atoms with Crippen LogP contribution in [0.2, 0.25) is 0 Å². The van der Waals surface area contributed by atoms with E-state index in [1.807, 2.05) is 0 Å². The number of carbonyl (C=O) groups is 2. The number of hydrogen-bond acceptors (Lipinski definition) is 7. The van der Waals surface area contributed by atoms with Crippen LogP contribution in [0.1, 0.15) is 34.7 Å². The number of rotatable bonds is 9. The van der Waals surface area contributed by atoms with E-state index >= 15 is 0 Å². The Morgan fingerprint density at radius 1 is 1.14 bits per heavy atom. The molecule has 1 aromatic carbocycles. The molecule has 1 aromatic heterocycles. The number of alkyl halides is 1. The summed E-state index contributed by atoms with van der Waals surface area (Å²) in [5.41, 5.74) is 0.0680. The van der Waals surface area contributed by atoms with Gasteiger partial charge in [-0.2, -0.15) is 0 Å². The van der Waals surface area contributed by atoms with Gasteiger partial charge in [0, 0.05) is 20.2 Å². The van der Waals surface area contributed by atoms with Gasteiger partial charge in [-0.05, 0) is 26.0 Å². The van der Waals surface area contributed by atoms with Crippen molar-refractivity contribution in [2.24, 2.45) is 0 Å². The van der Waals surface area contributed by atoms with Crippen molar-refractivity contribution in [3.63, 3.8) is 0 Å². The van der Waals surface area contributed by atoms with Crippen molar-refractivity contribution in [2.45, 2.75) is 26.3 Å². The molecular formula is C19H22FN3O6. The Balaban J connectivity index is 2.18. The highest BCUT2D eigenvalue weighted by atomic mass is 19.1. The smallest absolute Gasteiger partial charge is 0.335 e. The van der Waals surface area contributed by atoms with E-state index in [0.29, 0.717) is 0 Å². The van der Waals surface area contributed by atoms with Gasteiger partial charge in [0.2, 0.25) is 5.88 Å². The summed E-state index contributed by atoms with van der Waals surface area (Å²) in [7, 11) is 3.18. The summed E-state index contributed by atoms with van der Waals surface area (Å²) in [5, 5.41) is 9.30. The van der Waals surface area contributed by atoms with Crippen LogP contribution < -0.4 is 9.47 Å². The predicted octanol–water partition coefficient (Wildman–Crippen LogP) is 2.77. The molecule has 2 aromatic rings. The minimum absolute atomic E-state index is 0.0159. The molecule has 0 aliphatic carbocycles. The Morgan fingerprint density at radius 2 is 1.83 bits per heavy atom. The molecular weight excluding hydrogens is 385 g/mol. The average Bonchev–Trinajstić information content (AvgIpc) is 2.66. The SMILES string of the molecule is CC(F)OC[C@H](C)Oc1cc(Oc2cnc(C(=O)N(C)C)cn2)cc(C(=O)O)c1. The van der Waals surface area contributed by atoms with Crippen molar-refractivity contribution in [1.29, 1.82) is 0 Å². The zero-order chi connectivity index (χ0) is 21.6. The number of carboxylic acids is 1. The fraction of sp³-hybridized carbons (Fsp3) is 0.368. The van der Waals surface area contributed by atoms with E-state index in [9.17, 15) is 19.1 Å². The molecule has 0 saturated heterocycles. The van der Waals surface area contributed by atoms with E-state index in [2.05, 4.69) is 9.97 Å². The van der Waals surface area contributed by atoms with Crippen LogP contribution >= 0.6 is 0 Å². The maximum Gasteiger partial charge on any atom is 0.335 e. The summed E-state index contributed by atoms with van der Waals surface area (Å²) in [6, 6.07) is 4.07. The van der Waals surface area contributed by atoms with Crippen LogP contribution in [0, 0.1) is 0 Å². The number of carbonyl (C=O) groups excluding carboxylic acids is 1. The normalized spacial score (nSPS) is 12.7. The lowest BCUT2D eigenvalue weighted by Gasteiger charge is -2.16. The summed E-state index contributed by atoms with van der Waals surface area (Å²) in [5.74, 6) is -1.08. The number of aromatic carboxylic acids is 1. The molecule has 10 heteroatoms. The molecule has 1 unspecified atom stereocenters. The van der Waals surface area contributed by atoms with Gasteiger partial charge >= 0.3 is 5.97 Å². The van der Waals surface area contributed by atoms with Gasteiger partial charge in [0.1, 0.15) is 23.3 Å². The first kappa shape index (κ1) is 22.0. The topological polar surface area (TPSA) is 111 Å². The molecule has 9 nitrogen and oxygen atoms in total. The number of carboxylic acid groups (broad SMARTS) is 1. The summed E-state index contributed by atoms with van der Waals surface area (Å²) >= 11 is 0. The predicted molar refractivity (Wildman–Crippen MR) is 100 cm³/mol. The molecule has 0 saturated carbocycles. The van der Waals surface area contributed by atoms with Crippen LogP contribution in [0.3, 0.4) is 0 Å². The van der Waals surface area contributed by atoms with Gasteiger partial charge in [0.05, 0.1) is 24.6 Å². The quantitative estimate of drug-likeness (QED) is 0.675. The number of ether oxygens (including phenoxy) is 3. The first-order chi connectivity index (χ1) is 13.7. The third kappa shape index (κ3) is 6.68. The maximum atomic E-state index is 12.8. The van der Waals surface area contributed by atoms with Gasteiger partial charge in [0.15, 0.2) is 6.36 Å². The number of nitrogens with zero attached hydrogens (tertiary/aromatic N) is 3. The summed E-state index contributed by atoms with van der Waals surface area (Å²) < 4.78 is 28.8. The van der Waals surface area contributed by atoms with E-state index in [4.69, 9.17) is 14.2 Å². The Kier molecular flexibility index (Phi) is 7.43. The van der Waals surface area contributed by atoms with Gasteiger partial charge in [-0.1, -0.05) is 0 Å². The summed E-state index contributed by atoms with van der Waals surface area (Å²) in [6.07, 6.45) is 0.546. The molecule has 156 valence electrons. The molecule has 29 heavy (non-hydrogen) atoms. The average molecular weight is 407 g/mol. The van der Waals surface area contributed by atoms with Gasteiger partial charge in [-0.15, -0.1) is 0 Å². The van der Waals surface area contributed by atoms with Crippen molar-refractivity contribution >= 4 is 11.9 Å². The number of aromatic nitrogens is 2. The fourth-order valence-corrected chi connectivity index (χ4v) is 2.19. The van der Waals surface area contributed by atoms with Crippen LogP contribution in [0.4, 0.5) is 4.39 Å². The zero-order valence-electron chi connectivity index (χ0n) is 16.5. The number of benzene rings is 1. The summed E-state index contributed by atoms with van der Waals surface area (Å²) in [6.45, 7) is 2.89. The lowest BCUT2D eigenvalue weighted by Crippen LogP contribution is -2.22. The van der Waals surface area contributed by atoms with Gasteiger partial charge in [-0.25, -0.2) is 19.2 Å². The van der Waals surface area contributed by atoms with Crippen LogP contribution in [0.5, 0.6) is 17.4 Å². The van der Waals surface area contributed by atoms with Crippen molar-refractivity contribution in [1.82, 2.24) is 14.9 Å². The van der Waals surface area contributed by atoms with E-state index in [0.717, 1.165) is 0 Å². The molecule has 0 aliphatic heterocycles. The Hall–Kier alpha value is -3.27. The monoisotopic (exact) mass is 407 g/mol. The molecule has 0 aliphatic rings. The third-order valence-electron chi connectivity index (χ3n) is 3.50. The molecule has 1 amide bonds. The number of halogens is 1. The van der Waals surface area contributed by atoms with Crippen molar-refractivity contribution in [3.05, 3.63) is 41.9 Å². The minimum Gasteiger partial charge on any atom is -0.488 e. The Bertz CT molecular complexity index is 858. The summed E-state index contributed by atoms with van der Waals surface area (Å²) in [4.78, 5) is 32.6. The van der Waals surface area contributed by atoms with Crippen LogP contribution in [-0.4, -0.2) is 65.0 Å². The fourth-order valence-electron chi connectivity index (χ4n) is 2.19. The second-order valence-electron chi connectivity index (χ2n) is 6.34. The van der Waals surface area contributed by atoms with Crippen LogP contribution in [0.25, 0.3) is 0 Å². The zero-order valence-corrected chi connectivity index (χ0v) is 16.5. The van der Waals surface area contributed by atoms with Crippen molar-refractivity contribution in [3.8, 4) is 17.4 Å². The first-order valence-electron chi connectivity index (χ1n) is 8.68. The first-order valence-corrected chi connectivity index (χ1v) is 8.68. The van der Waals surface area contributed by atoms with E-state index < -0.39 is 18.4 Å². The van der Waals surface area contributed by atoms with Gasteiger partial charge in [0.25, 0.3) is 5.91 Å². The maximum absolute atomic E-state index is 12.8. The minimum atomic E-state index is -1.44. The highest BCUT2D eigenvalue weighted by molar-refractivity contribution is 5.91. The van der Waals surface area contributed by atoms with E-state index in [-0.39, 0.29) is 41.2 Å². The van der Waals surface area contributed by atoms with Gasteiger partial charge < -0.3 is 24.2 Å². The molecule has 1 heterocycles. The third-order valence-corrected chi connectivity index (χ3v) is 3.50. The molecule has 2 atom stereocenters. The molecule has 0 bridgehead atoms. The molecule has 1 N–H and O–H groups in total. The van der Waals surface area contributed by atoms with Crippen molar-refractivity contribution in [2.75, 3.05) is 20.7 Å². The van der Waals surface area contributed by atoms with E-state index in [1.165, 1.54) is 42.4 Å². The second-order valence-corrected chi connectivity index (χ2v) is 6.34. The molecule has 0 spiro atoms. The Morgan fingerprint density at radius 3 is 2.38 bits per heavy atom. The van der Waals surface area contributed by atoms with Crippen LogP contribution in [0.15, 0.2) is 30.6 Å². The second kappa shape index (κ2) is 9.78. The lowest BCUT2D eigenvalue weighted by atomic mass is 10.2. The van der Waals surface area contributed by atoms with Crippen LogP contribution in [-0.2, 0) is 4.74 Å². The molecule has 0 radical (unpaired) electrons. The highest BCUT2D eigenvalue weighted by Crippen LogP contribution is 2.27.